The second kappa shape index (κ2) is 8.82. The Labute approximate surface area is 140 Å². The highest BCUT2D eigenvalue weighted by atomic mass is 79.9. The quantitative estimate of drug-likeness (QED) is 0.852. The fraction of sp³-hybridized carbons (Fsp3) is 0.538. The van der Waals surface area contributed by atoms with Crippen molar-refractivity contribution >= 4 is 46.7 Å². The molecule has 1 amide bonds. The molecular weight excluding hydrogens is 365 g/mol. The molecule has 1 aromatic rings. The maximum absolute atomic E-state index is 12.2. The molecule has 0 aliphatic carbocycles. The van der Waals surface area contributed by atoms with Crippen LogP contribution in [0.2, 0.25) is 0 Å². The lowest BCUT2D eigenvalue weighted by atomic mass is 9.91. The summed E-state index contributed by atoms with van der Waals surface area (Å²) in [5, 5.41) is 0. The average Bonchev–Trinajstić information content (AvgIpc) is 2.39. The summed E-state index contributed by atoms with van der Waals surface area (Å²) in [5.41, 5.74) is 6.41. The molecule has 4 nitrogen and oxygen atoms in total. The SMILES string of the molecule is CC(N)C1CCN(C(=O)c2ccc(Br)cn2)CC1.Cl.Cl. The summed E-state index contributed by atoms with van der Waals surface area (Å²) in [6, 6.07) is 3.81. The topological polar surface area (TPSA) is 59.2 Å². The second-order valence-electron chi connectivity index (χ2n) is 4.85. The smallest absolute Gasteiger partial charge is 0.272 e. The van der Waals surface area contributed by atoms with Gasteiger partial charge in [0.2, 0.25) is 0 Å². The number of carbonyl (C=O) groups excluding carboxylic acids is 1. The monoisotopic (exact) mass is 383 g/mol. The zero-order chi connectivity index (χ0) is 13.1. The lowest BCUT2D eigenvalue weighted by Crippen LogP contribution is -2.42. The van der Waals surface area contributed by atoms with Gasteiger partial charge in [0.15, 0.2) is 0 Å². The van der Waals surface area contributed by atoms with Crippen LogP contribution in [0.1, 0.15) is 30.3 Å². The van der Waals surface area contributed by atoms with Crippen molar-refractivity contribution in [3.8, 4) is 0 Å². The molecule has 1 aliphatic rings. The van der Waals surface area contributed by atoms with Gasteiger partial charge in [-0.05, 0) is 53.7 Å². The van der Waals surface area contributed by atoms with E-state index in [-0.39, 0.29) is 36.8 Å². The summed E-state index contributed by atoms with van der Waals surface area (Å²) in [6.45, 7) is 3.60. The van der Waals surface area contributed by atoms with Crippen molar-refractivity contribution in [2.24, 2.45) is 11.7 Å². The van der Waals surface area contributed by atoms with Crippen LogP contribution in [0, 0.1) is 5.92 Å². The molecule has 2 heterocycles. The van der Waals surface area contributed by atoms with Crippen LogP contribution >= 0.6 is 40.7 Å². The van der Waals surface area contributed by atoms with E-state index in [1.54, 1.807) is 12.3 Å². The molecule has 1 fully saturated rings. The average molecular weight is 385 g/mol. The molecule has 1 aliphatic heterocycles. The molecule has 0 spiro atoms. The van der Waals surface area contributed by atoms with Gasteiger partial charge in [0.05, 0.1) is 0 Å². The number of amides is 1. The van der Waals surface area contributed by atoms with Crippen molar-refractivity contribution < 1.29 is 4.79 Å². The van der Waals surface area contributed by atoms with E-state index in [0.29, 0.717) is 11.6 Å². The van der Waals surface area contributed by atoms with Gasteiger partial charge in [-0.3, -0.25) is 4.79 Å². The molecule has 0 radical (unpaired) electrons. The Morgan fingerprint density at radius 3 is 2.45 bits per heavy atom. The number of nitrogens with zero attached hydrogens (tertiary/aromatic N) is 2. The predicted molar refractivity (Wildman–Crippen MR) is 88.7 cm³/mol. The molecule has 2 N–H and O–H groups in total. The molecule has 1 atom stereocenters. The second-order valence-corrected chi connectivity index (χ2v) is 5.77. The number of aromatic nitrogens is 1. The number of halogens is 3. The van der Waals surface area contributed by atoms with E-state index >= 15 is 0 Å². The molecule has 20 heavy (non-hydrogen) atoms. The van der Waals surface area contributed by atoms with Gasteiger partial charge in [0.1, 0.15) is 5.69 Å². The fourth-order valence-corrected chi connectivity index (χ4v) is 2.53. The van der Waals surface area contributed by atoms with Crippen molar-refractivity contribution in [2.45, 2.75) is 25.8 Å². The number of piperidine rings is 1. The Hall–Kier alpha value is -0.360. The number of hydrogen-bond donors (Lipinski definition) is 1. The maximum atomic E-state index is 12.2. The minimum absolute atomic E-state index is 0. The Bertz CT molecular complexity index is 420. The van der Waals surface area contributed by atoms with Crippen LogP contribution in [0.3, 0.4) is 0 Å². The number of rotatable bonds is 2. The molecule has 1 unspecified atom stereocenters. The van der Waals surface area contributed by atoms with E-state index in [4.69, 9.17) is 5.73 Å². The molecule has 7 heteroatoms. The number of pyridine rings is 1. The Morgan fingerprint density at radius 1 is 1.40 bits per heavy atom. The summed E-state index contributed by atoms with van der Waals surface area (Å²) in [4.78, 5) is 18.2. The Morgan fingerprint density at radius 2 is 2.00 bits per heavy atom. The first-order chi connectivity index (χ1) is 8.58. The third kappa shape index (κ3) is 4.88. The molecule has 1 aromatic heterocycles. The van der Waals surface area contributed by atoms with Crippen LogP contribution in [-0.2, 0) is 0 Å². The van der Waals surface area contributed by atoms with Gasteiger partial charge in [0, 0.05) is 29.8 Å². The summed E-state index contributed by atoms with van der Waals surface area (Å²) in [6.07, 6.45) is 3.63. The molecule has 1 saturated heterocycles. The van der Waals surface area contributed by atoms with E-state index < -0.39 is 0 Å². The third-order valence-electron chi connectivity index (χ3n) is 3.52. The highest BCUT2D eigenvalue weighted by molar-refractivity contribution is 9.10. The minimum atomic E-state index is 0. The van der Waals surface area contributed by atoms with Crippen molar-refractivity contribution in [1.29, 1.82) is 0 Å². The van der Waals surface area contributed by atoms with Crippen LogP contribution in [0.5, 0.6) is 0 Å². The first-order valence-corrected chi connectivity index (χ1v) is 7.03. The lowest BCUT2D eigenvalue weighted by Gasteiger charge is -2.33. The van der Waals surface area contributed by atoms with Gasteiger partial charge < -0.3 is 10.6 Å². The van der Waals surface area contributed by atoms with Gasteiger partial charge in [-0.25, -0.2) is 4.98 Å². The molecule has 0 bridgehead atoms. The summed E-state index contributed by atoms with van der Waals surface area (Å²) in [5.74, 6) is 0.553. The maximum Gasteiger partial charge on any atom is 0.272 e. The minimum Gasteiger partial charge on any atom is -0.337 e. The van der Waals surface area contributed by atoms with Gasteiger partial charge >= 0.3 is 0 Å². The third-order valence-corrected chi connectivity index (χ3v) is 3.99. The standard InChI is InChI=1S/C13H18BrN3O.2ClH/c1-9(15)10-4-6-17(7-5-10)13(18)12-3-2-11(14)8-16-12;;/h2-3,8-10H,4-7,15H2,1H3;2*1H. The van der Waals surface area contributed by atoms with E-state index in [2.05, 4.69) is 20.9 Å². The van der Waals surface area contributed by atoms with Crippen LogP contribution in [0.4, 0.5) is 0 Å². The zero-order valence-electron chi connectivity index (χ0n) is 11.3. The lowest BCUT2D eigenvalue weighted by molar-refractivity contribution is 0.0675. The first-order valence-electron chi connectivity index (χ1n) is 6.24. The Kier molecular flexibility index (Phi) is 8.66. The Balaban J connectivity index is 0.00000180. The highest BCUT2D eigenvalue weighted by Gasteiger charge is 2.25. The van der Waals surface area contributed by atoms with Crippen molar-refractivity contribution in [2.75, 3.05) is 13.1 Å². The van der Waals surface area contributed by atoms with Crippen molar-refractivity contribution in [3.05, 3.63) is 28.5 Å². The van der Waals surface area contributed by atoms with Gasteiger partial charge in [-0.1, -0.05) is 0 Å². The number of carbonyl (C=O) groups is 1. The molecule has 114 valence electrons. The molecule has 2 rings (SSSR count). The van der Waals surface area contributed by atoms with Gasteiger partial charge in [0.25, 0.3) is 5.91 Å². The number of nitrogens with two attached hydrogens (primary N) is 1. The van der Waals surface area contributed by atoms with Gasteiger partial charge in [-0.2, -0.15) is 0 Å². The summed E-state index contributed by atoms with van der Waals surface area (Å²) < 4.78 is 0.884. The van der Waals surface area contributed by atoms with Crippen LogP contribution in [-0.4, -0.2) is 34.9 Å². The number of likely N-dealkylation sites (tertiary alicyclic amines) is 1. The predicted octanol–water partition coefficient (Wildman–Crippen LogP) is 2.89. The summed E-state index contributed by atoms with van der Waals surface area (Å²) >= 11 is 3.31. The molecule has 0 saturated carbocycles. The van der Waals surface area contributed by atoms with E-state index in [1.165, 1.54) is 0 Å². The summed E-state index contributed by atoms with van der Waals surface area (Å²) in [7, 11) is 0. The largest absolute Gasteiger partial charge is 0.337 e. The zero-order valence-corrected chi connectivity index (χ0v) is 14.5. The van der Waals surface area contributed by atoms with Crippen LogP contribution in [0.15, 0.2) is 22.8 Å². The van der Waals surface area contributed by atoms with Crippen molar-refractivity contribution in [1.82, 2.24) is 9.88 Å². The highest BCUT2D eigenvalue weighted by Crippen LogP contribution is 2.20. The van der Waals surface area contributed by atoms with E-state index in [0.717, 1.165) is 30.4 Å². The molecular formula is C13H20BrCl2N3O. The normalized spacial score (nSPS) is 16.9. The number of hydrogen-bond acceptors (Lipinski definition) is 3. The van der Waals surface area contributed by atoms with Gasteiger partial charge in [-0.15, -0.1) is 24.8 Å². The van der Waals surface area contributed by atoms with Crippen LogP contribution < -0.4 is 5.73 Å². The first kappa shape index (κ1) is 19.6. The van der Waals surface area contributed by atoms with Crippen LogP contribution in [0.25, 0.3) is 0 Å². The van der Waals surface area contributed by atoms with E-state index in [9.17, 15) is 4.79 Å². The fourth-order valence-electron chi connectivity index (χ4n) is 2.29. The molecule has 0 aromatic carbocycles. The van der Waals surface area contributed by atoms with Crippen molar-refractivity contribution in [3.63, 3.8) is 0 Å². The van der Waals surface area contributed by atoms with E-state index in [1.807, 2.05) is 17.9 Å².